The van der Waals surface area contributed by atoms with Gasteiger partial charge >= 0.3 is 6.09 Å². The molecule has 8 heteroatoms. The number of primary amides is 1. The zero-order valence-corrected chi connectivity index (χ0v) is 26.1. The van der Waals surface area contributed by atoms with E-state index >= 15 is 0 Å². The predicted molar refractivity (Wildman–Crippen MR) is 169 cm³/mol. The molecule has 0 bridgehead atoms. The van der Waals surface area contributed by atoms with Gasteiger partial charge in [-0.15, -0.1) is 0 Å². The summed E-state index contributed by atoms with van der Waals surface area (Å²) in [5.74, 6) is -0.984. The van der Waals surface area contributed by atoms with Gasteiger partial charge in [-0.05, 0) is 51.6 Å². The fourth-order valence-electron chi connectivity index (χ4n) is 6.05. The van der Waals surface area contributed by atoms with E-state index in [1.54, 1.807) is 4.90 Å². The van der Waals surface area contributed by atoms with Crippen LogP contribution in [-0.2, 0) is 20.7 Å². The number of nitrogens with zero attached hydrogens (tertiary/aromatic N) is 1. The van der Waals surface area contributed by atoms with Crippen molar-refractivity contribution in [3.63, 3.8) is 0 Å². The Balaban J connectivity index is 1.83. The number of carbonyl (C=O) groups is 3. The van der Waals surface area contributed by atoms with Crippen LogP contribution in [0.2, 0.25) is 6.04 Å². The molecule has 0 saturated carbocycles. The van der Waals surface area contributed by atoms with E-state index in [1.165, 1.54) is 0 Å². The van der Waals surface area contributed by atoms with Gasteiger partial charge in [0.15, 0.2) is 0 Å². The Labute approximate surface area is 250 Å². The van der Waals surface area contributed by atoms with Crippen LogP contribution in [0.5, 0.6) is 0 Å². The lowest BCUT2D eigenvalue weighted by Crippen LogP contribution is -2.73. The van der Waals surface area contributed by atoms with Crippen LogP contribution in [0.15, 0.2) is 91.0 Å². The number of hydrogen-bond donors (Lipinski definition) is 2. The molecule has 7 nitrogen and oxygen atoms in total. The Morgan fingerprint density at radius 2 is 1.45 bits per heavy atom. The zero-order valence-electron chi connectivity index (χ0n) is 25.1. The summed E-state index contributed by atoms with van der Waals surface area (Å²) < 4.78 is 5.65. The first-order valence-electron chi connectivity index (χ1n) is 14.8. The van der Waals surface area contributed by atoms with Crippen LogP contribution < -0.4 is 21.4 Å². The summed E-state index contributed by atoms with van der Waals surface area (Å²) in [7, 11) is -2.95. The molecule has 1 aliphatic rings. The van der Waals surface area contributed by atoms with Gasteiger partial charge in [-0.2, -0.15) is 0 Å². The van der Waals surface area contributed by atoms with Gasteiger partial charge in [0.25, 0.3) is 0 Å². The van der Waals surface area contributed by atoms with Crippen molar-refractivity contribution in [3.8, 4) is 0 Å². The van der Waals surface area contributed by atoms with Crippen LogP contribution >= 0.6 is 0 Å². The number of hydrogen-bond acceptors (Lipinski definition) is 4. The van der Waals surface area contributed by atoms with Gasteiger partial charge in [0.05, 0.1) is 0 Å². The Kier molecular flexibility index (Phi) is 9.88. The third kappa shape index (κ3) is 7.29. The molecular formula is C34H43N3O4Si. The van der Waals surface area contributed by atoms with E-state index in [4.69, 9.17) is 10.5 Å². The van der Waals surface area contributed by atoms with Gasteiger partial charge in [0.2, 0.25) is 11.8 Å². The highest BCUT2D eigenvalue weighted by Gasteiger charge is 2.48. The van der Waals surface area contributed by atoms with E-state index in [-0.39, 0.29) is 17.5 Å². The summed E-state index contributed by atoms with van der Waals surface area (Å²) in [6, 6.07) is 30.4. The van der Waals surface area contributed by atoms with Crippen LogP contribution in [0.1, 0.15) is 46.1 Å². The van der Waals surface area contributed by atoms with Gasteiger partial charge in [0.1, 0.15) is 19.7 Å². The minimum absolute atomic E-state index is 0.199. The zero-order chi connectivity index (χ0) is 30.3. The number of benzene rings is 3. The monoisotopic (exact) mass is 585 g/mol. The Morgan fingerprint density at radius 1 is 0.929 bits per heavy atom. The lowest BCUT2D eigenvalue weighted by molar-refractivity contribution is -0.125. The topological polar surface area (TPSA) is 102 Å². The van der Waals surface area contributed by atoms with Crippen LogP contribution in [0, 0.1) is 5.92 Å². The van der Waals surface area contributed by atoms with E-state index < -0.39 is 31.7 Å². The summed E-state index contributed by atoms with van der Waals surface area (Å²) in [4.78, 5) is 41.5. The molecule has 1 aliphatic heterocycles. The highest BCUT2D eigenvalue weighted by atomic mass is 28.3. The van der Waals surface area contributed by atoms with Crippen molar-refractivity contribution >= 4 is 36.4 Å². The fraction of sp³-hybridized carbons (Fsp3) is 0.382. The molecule has 3 aromatic carbocycles. The van der Waals surface area contributed by atoms with Gasteiger partial charge in [-0.3, -0.25) is 14.5 Å². The molecule has 0 unspecified atom stereocenters. The maximum atomic E-state index is 14.2. The van der Waals surface area contributed by atoms with E-state index in [0.717, 1.165) is 22.4 Å². The minimum atomic E-state index is -2.95. The van der Waals surface area contributed by atoms with E-state index in [9.17, 15) is 14.4 Å². The first-order chi connectivity index (χ1) is 20.0. The summed E-state index contributed by atoms with van der Waals surface area (Å²) in [5.41, 5.74) is 5.97. The van der Waals surface area contributed by atoms with Crippen molar-refractivity contribution in [2.24, 2.45) is 11.7 Å². The summed E-state index contributed by atoms with van der Waals surface area (Å²) in [6.45, 7) is 7.82. The fourth-order valence-corrected chi connectivity index (χ4v) is 11.7. The molecule has 0 spiro atoms. The molecule has 0 aromatic heterocycles. The summed E-state index contributed by atoms with van der Waals surface area (Å²) >= 11 is 0. The van der Waals surface area contributed by atoms with E-state index in [1.807, 2.05) is 82.3 Å². The summed E-state index contributed by atoms with van der Waals surface area (Å²) in [6.07, 6.45) is 1.37. The normalized spacial score (nSPS) is 16.9. The second-order valence-electron chi connectivity index (χ2n) is 12.3. The number of likely N-dealkylation sites (tertiary alicyclic amines) is 1. The van der Waals surface area contributed by atoms with E-state index in [2.05, 4.69) is 41.7 Å². The Hall–Kier alpha value is -3.91. The van der Waals surface area contributed by atoms with Gasteiger partial charge in [0, 0.05) is 18.1 Å². The third-order valence-electron chi connectivity index (χ3n) is 8.07. The number of ether oxygens (including phenoxy) is 1. The average Bonchev–Trinajstić information content (AvgIpc) is 3.47. The SMILES string of the molecule is C[C@H](C[Si](c1ccccc1)(c1ccccc1)[C@H](Cc1ccccc1)NC(=O)[C@@H]1CCCN1C(=O)OC(C)(C)C)C(N)=O. The molecule has 3 atom stereocenters. The second kappa shape index (κ2) is 13.4. The number of nitrogens with one attached hydrogen (secondary N) is 1. The van der Waals surface area contributed by atoms with Crippen LogP contribution in [0.25, 0.3) is 0 Å². The highest BCUT2D eigenvalue weighted by Crippen LogP contribution is 2.26. The van der Waals surface area contributed by atoms with Crippen molar-refractivity contribution in [2.75, 3.05) is 6.54 Å². The lowest BCUT2D eigenvalue weighted by atomic mass is 10.1. The molecule has 3 N–H and O–H groups in total. The predicted octanol–water partition coefficient (Wildman–Crippen LogP) is 4.04. The highest BCUT2D eigenvalue weighted by molar-refractivity contribution is 7.03. The number of carbonyl (C=O) groups excluding carboxylic acids is 3. The van der Waals surface area contributed by atoms with E-state index in [0.29, 0.717) is 25.4 Å². The number of rotatable bonds is 10. The maximum Gasteiger partial charge on any atom is 0.410 e. The second-order valence-corrected chi connectivity index (χ2v) is 16.5. The molecule has 0 radical (unpaired) electrons. The van der Waals surface area contributed by atoms with Crippen molar-refractivity contribution in [2.45, 2.75) is 70.3 Å². The van der Waals surface area contributed by atoms with Gasteiger partial charge in [-0.25, -0.2) is 4.79 Å². The van der Waals surface area contributed by atoms with Gasteiger partial charge < -0.3 is 15.8 Å². The molecule has 1 saturated heterocycles. The van der Waals surface area contributed by atoms with Crippen molar-refractivity contribution < 1.29 is 19.1 Å². The van der Waals surface area contributed by atoms with Crippen LogP contribution in [-0.4, -0.2) is 54.7 Å². The number of amides is 3. The van der Waals surface area contributed by atoms with Crippen LogP contribution in [0.3, 0.4) is 0 Å². The van der Waals surface area contributed by atoms with Crippen molar-refractivity contribution in [3.05, 3.63) is 96.6 Å². The minimum Gasteiger partial charge on any atom is -0.444 e. The lowest BCUT2D eigenvalue weighted by Gasteiger charge is -2.42. The molecule has 4 rings (SSSR count). The largest absolute Gasteiger partial charge is 0.444 e. The van der Waals surface area contributed by atoms with Crippen LogP contribution in [0.4, 0.5) is 4.79 Å². The Bertz CT molecular complexity index is 1310. The number of nitrogens with two attached hydrogens (primary N) is 1. The quantitative estimate of drug-likeness (QED) is 0.351. The maximum absolute atomic E-state index is 14.2. The Morgan fingerprint density at radius 3 is 1.95 bits per heavy atom. The third-order valence-corrected chi connectivity index (χ3v) is 13.6. The molecular weight excluding hydrogens is 542 g/mol. The molecule has 3 amide bonds. The molecule has 1 fully saturated rings. The average molecular weight is 586 g/mol. The molecule has 0 aliphatic carbocycles. The first-order valence-corrected chi connectivity index (χ1v) is 17.0. The summed E-state index contributed by atoms with van der Waals surface area (Å²) in [5, 5.41) is 5.68. The molecule has 222 valence electrons. The molecule has 1 heterocycles. The molecule has 3 aromatic rings. The standard InChI is InChI=1S/C34H43N3O4Si/c1-25(31(35)38)24-42(27-17-10-6-11-18-27,28-19-12-7-13-20-28)30(23-26-15-8-5-9-16-26)36-32(39)29-21-14-22-37(29)33(40)41-34(2,3)4/h5-13,15-20,25,29-30H,14,21-24H2,1-4H3,(H2,35,38)(H,36,39)/t25-,29+,30-/m1/s1. The first kappa shape index (κ1) is 31.0. The molecule has 42 heavy (non-hydrogen) atoms. The van der Waals surface area contributed by atoms with Crippen molar-refractivity contribution in [1.29, 1.82) is 0 Å². The van der Waals surface area contributed by atoms with Gasteiger partial charge in [-0.1, -0.05) is 108 Å². The smallest absolute Gasteiger partial charge is 0.410 e. The van der Waals surface area contributed by atoms with Crippen molar-refractivity contribution in [1.82, 2.24) is 10.2 Å².